The van der Waals surface area contributed by atoms with Crippen molar-refractivity contribution in [2.24, 2.45) is 16.8 Å². The number of aliphatic imine (C=N–C) groups is 1. The van der Waals surface area contributed by atoms with Crippen molar-refractivity contribution in [2.45, 2.75) is 86.1 Å². The molecule has 1 atom stereocenters. The topological polar surface area (TPSA) is 24.4 Å². The van der Waals surface area contributed by atoms with Crippen LogP contribution >= 0.6 is 0 Å². The van der Waals surface area contributed by atoms with Gasteiger partial charge in [0.2, 0.25) is 0 Å². The third-order valence-electron chi connectivity index (χ3n) is 6.48. The predicted molar refractivity (Wildman–Crippen MR) is 153 cm³/mol. The molecule has 0 saturated heterocycles. The van der Waals surface area contributed by atoms with Crippen molar-refractivity contribution < 1.29 is 0 Å². The van der Waals surface area contributed by atoms with Gasteiger partial charge < -0.3 is 5.32 Å². The fourth-order valence-corrected chi connectivity index (χ4v) is 4.70. The van der Waals surface area contributed by atoms with E-state index in [0.29, 0.717) is 0 Å². The Hall–Kier alpha value is -2.61. The molecule has 0 aliphatic heterocycles. The highest BCUT2D eigenvalue weighted by Crippen LogP contribution is 2.36. The molecule has 0 radical (unpaired) electrons. The van der Waals surface area contributed by atoms with Gasteiger partial charge in [0.05, 0.1) is 11.4 Å². The van der Waals surface area contributed by atoms with Crippen molar-refractivity contribution in [3.63, 3.8) is 0 Å². The molecule has 0 heterocycles. The monoisotopic (exact) mass is 458 g/mol. The summed E-state index contributed by atoms with van der Waals surface area (Å²) >= 11 is 0. The first-order valence-electron chi connectivity index (χ1n) is 13.4. The summed E-state index contributed by atoms with van der Waals surface area (Å²) in [6, 6.07) is 15.1. The van der Waals surface area contributed by atoms with Crippen molar-refractivity contribution in [1.29, 1.82) is 0 Å². The molecule has 2 aromatic carbocycles. The van der Waals surface area contributed by atoms with Gasteiger partial charge in [-0.1, -0.05) is 102 Å². The highest BCUT2D eigenvalue weighted by atomic mass is 14.9. The summed E-state index contributed by atoms with van der Waals surface area (Å²) in [6.45, 7) is 14.8. The van der Waals surface area contributed by atoms with Crippen LogP contribution in [-0.2, 0) is 6.54 Å². The van der Waals surface area contributed by atoms with Crippen LogP contribution in [0.15, 0.2) is 65.7 Å². The third-order valence-corrected chi connectivity index (χ3v) is 6.48. The van der Waals surface area contributed by atoms with E-state index in [1.54, 1.807) is 0 Å². The maximum Gasteiger partial charge on any atom is 0.0853 e. The molecule has 2 nitrogen and oxygen atoms in total. The van der Waals surface area contributed by atoms with Crippen molar-refractivity contribution in [3.05, 3.63) is 77.4 Å². The van der Waals surface area contributed by atoms with Gasteiger partial charge in [0.15, 0.2) is 0 Å². The predicted octanol–water partition coefficient (Wildman–Crippen LogP) is 9.92. The van der Waals surface area contributed by atoms with Crippen molar-refractivity contribution in [3.8, 4) is 0 Å². The number of benzene rings is 2. The van der Waals surface area contributed by atoms with Gasteiger partial charge in [-0.05, 0) is 79.1 Å². The second-order valence-electron chi connectivity index (χ2n) is 9.25. The van der Waals surface area contributed by atoms with Gasteiger partial charge in [-0.15, -0.1) is 0 Å². The summed E-state index contributed by atoms with van der Waals surface area (Å²) in [6.07, 6.45) is 16.8. The van der Waals surface area contributed by atoms with Crippen LogP contribution in [0.4, 0.5) is 11.4 Å². The maximum absolute atomic E-state index is 4.11. The largest absolute Gasteiger partial charge is 0.379 e. The first-order valence-corrected chi connectivity index (χ1v) is 13.4. The van der Waals surface area contributed by atoms with Gasteiger partial charge >= 0.3 is 0 Å². The van der Waals surface area contributed by atoms with Gasteiger partial charge in [0.25, 0.3) is 0 Å². The lowest BCUT2D eigenvalue weighted by Gasteiger charge is -2.29. The SMILES string of the molecule is C=Nc1ccc(C)cc1NCc1ccc(C2=CCC(C3CCCCC3)C=C2)cc1.CC.CCC. The number of aryl methyl sites for hydroxylation is 1. The van der Waals surface area contributed by atoms with Crippen LogP contribution < -0.4 is 5.32 Å². The van der Waals surface area contributed by atoms with Gasteiger partial charge in [-0.25, -0.2) is 0 Å². The fraction of sp³-hybridized carbons (Fsp3) is 0.469. The van der Waals surface area contributed by atoms with E-state index in [1.807, 2.05) is 19.9 Å². The number of allylic oxidation sites excluding steroid dienone is 4. The first-order chi connectivity index (χ1) is 16.6. The van der Waals surface area contributed by atoms with E-state index in [4.69, 9.17) is 0 Å². The van der Waals surface area contributed by atoms with Crippen LogP contribution in [0.3, 0.4) is 0 Å². The Bertz CT molecular complexity index is 915. The summed E-state index contributed by atoms with van der Waals surface area (Å²) in [4.78, 5) is 4.11. The second kappa shape index (κ2) is 15.3. The average molecular weight is 459 g/mol. The van der Waals surface area contributed by atoms with E-state index >= 15 is 0 Å². The van der Waals surface area contributed by atoms with E-state index in [-0.39, 0.29) is 0 Å². The summed E-state index contributed by atoms with van der Waals surface area (Å²) in [7, 11) is 0. The highest BCUT2D eigenvalue weighted by molar-refractivity contribution is 5.75. The molecule has 4 rings (SSSR count). The smallest absolute Gasteiger partial charge is 0.0853 e. The number of rotatable bonds is 6. The molecule has 1 saturated carbocycles. The lowest BCUT2D eigenvalue weighted by atomic mass is 9.76. The molecular weight excluding hydrogens is 412 g/mol. The number of anilines is 1. The zero-order valence-corrected chi connectivity index (χ0v) is 22.2. The quantitative estimate of drug-likeness (QED) is 0.428. The van der Waals surface area contributed by atoms with E-state index < -0.39 is 0 Å². The van der Waals surface area contributed by atoms with E-state index in [9.17, 15) is 0 Å². The first kappa shape index (κ1) is 27.6. The summed E-state index contributed by atoms with van der Waals surface area (Å²) < 4.78 is 0. The van der Waals surface area contributed by atoms with Crippen LogP contribution in [0.5, 0.6) is 0 Å². The Morgan fingerprint density at radius 1 is 0.971 bits per heavy atom. The molecule has 0 aromatic heterocycles. The molecular formula is C32H46N2. The van der Waals surface area contributed by atoms with Gasteiger partial charge in [-0.3, -0.25) is 4.99 Å². The molecule has 1 fully saturated rings. The molecule has 2 aliphatic carbocycles. The number of nitrogens with zero attached hydrogens (tertiary/aromatic N) is 1. The Labute approximate surface area is 209 Å². The zero-order chi connectivity index (χ0) is 24.8. The minimum Gasteiger partial charge on any atom is -0.379 e. The van der Waals surface area contributed by atoms with E-state index in [0.717, 1.165) is 29.8 Å². The summed E-state index contributed by atoms with van der Waals surface area (Å²) in [5.41, 5.74) is 7.11. The molecule has 1 N–H and O–H groups in total. The van der Waals surface area contributed by atoms with Crippen molar-refractivity contribution in [1.82, 2.24) is 0 Å². The molecule has 2 heteroatoms. The van der Waals surface area contributed by atoms with Crippen LogP contribution in [0.2, 0.25) is 0 Å². The molecule has 0 bridgehead atoms. The van der Waals surface area contributed by atoms with Crippen LogP contribution in [0.1, 0.15) is 89.3 Å². The molecule has 2 aromatic rings. The lowest BCUT2D eigenvalue weighted by molar-refractivity contribution is 0.286. The van der Waals surface area contributed by atoms with Crippen molar-refractivity contribution >= 4 is 23.7 Å². The number of hydrogen-bond acceptors (Lipinski definition) is 2. The lowest BCUT2D eigenvalue weighted by Crippen LogP contribution is -2.17. The number of hydrogen-bond donors (Lipinski definition) is 1. The van der Waals surface area contributed by atoms with E-state index in [2.05, 4.69) is 92.4 Å². The molecule has 2 aliphatic rings. The molecule has 1 unspecified atom stereocenters. The van der Waals surface area contributed by atoms with Crippen LogP contribution in [0, 0.1) is 18.8 Å². The van der Waals surface area contributed by atoms with Crippen LogP contribution in [0.25, 0.3) is 5.57 Å². The Kier molecular flexibility index (Phi) is 12.5. The van der Waals surface area contributed by atoms with Crippen molar-refractivity contribution in [2.75, 3.05) is 5.32 Å². The van der Waals surface area contributed by atoms with Gasteiger partial charge in [0.1, 0.15) is 0 Å². The molecule has 0 spiro atoms. The highest BCUT2D eigenvalue weighted by Gasteiger charge is 2.22. The van der Waals surface area contributed by atoms with Gasteiger partial charge in [0, 0.05) is 6.54 Å². The Morgan fingerprint density at radius 3 is 2.24 bits per heavy atom. The summed E-state index contributed by atoms with van der Waals surface area (Å²) in [5, 5.41) is 3.50. The standard InChI is InChI=1S/C27H32N2.C3H8.C2H6/c1-20-8-17-26(28-2)27(18-20)29-19-21-9-11-23(12-10-21)25-15-13-24(14-16-25)22-6-4-3-5-7-22;1-3-2;1-2/h8-13,15-18,22,24,29H,2-7,14,19H2,1H3;3H2,1-2H3;1-2H3. The molecule has 34 heavy (non-hydrogen) atoms. The van der Waals surface area contributed by atoms with E-state index in [1.165, 1.54) is 67.2 Å². The van der Waals surface area contributed by atoms with Crippen LogP contribution in [-0.4, -0.2) is 6.72 Å². The zero-order valence-electron chi connectivity index (χ0n) is 22.2. The minimum absolute atomic E-state index is 0.754. The fourth-order valence-electron chi connectivity index (χ4n) is 4.70. The second-order valence-corrected chi connectivity index (χ2v) is 9.25. The Morgan fingerprint density at radius 2 is 1.65 bits per heavy atom. The van der Waals surface area contributed by atoms with Gasteiger partial charge in [-0.2, -0.15) is 0 Å². The summed E-state index contributed by atoms with van der Waals surface area (Å²) in [5.74, 6) is 1.66. The minimum atomic E-state index is 0.754. The average Bonchev–Trinajstić information content (AvgIpc) is 2.90. The third kappa shape index (κ3) is 8.31. The normalized spacial score (nSPS) is 17.4. The molecule has 184 valence electrons. The molecule has 0 amide bonds. The number of nitrogens with one attached hydrogen (secondary N) is 1. The maximum atomic E-state index is 4.11. The Balaban J connectivity index is 0.000000758.